The van der Waals surface area contributed by atoms with Gasteiger partial charge in [-0.15, -0.1) is 11.3 Å². The van der Waals surface area contributed by atoms with Gasteiger partial charge >= 0.3 is 5.97 Å². The molecule has 1 aromatic rings. The van der Waals surface area contributed by atoms with Gasteiger partial charge in [0.2, 0.25) is 5.91 Å². The number of esters is 1. The van der Waals surface area contributed by atoms with E-state index in [1.807, 2.05) is 24.4 Å². The maximum Gasteiger partial charge on any atom is 0.320 e. The van der Waals surface area contributed by atoms with E-state index >= 15 is 0 Å². The summed E-state index contributed by atoms with van der Waals surface area (Å²) in [5, 5.41) is 1.99. The Morgan fingerprint density at radius 1 is 1.30 bits per heavy atom. The van der Waals surface area contributed by atoms with Gasteiger partial charge in [0.25, 0.3) is 0 Å². The summed E-state index contributed by atoms with van der Waals surface area (Å²) in [6, 6.07) is 3.97. The molecular weight excluding hydrogens is 276 g/mol. The minimum absolute atomic E-state index is 0.00421. The van der Waals surface area contributed by atoms with Gasteiger partial charge in [0, 0.05) is 11.9 Å². The Bertz CT molecular complexity index is 420. The molecule has 20 heavy (non-hydrogen) atoms. The lowest BCUT2D eigenvalue weighted by molar-refractivity contribution is -0.145. The molecule has 6 heteroatoms. The lowest BCUT2D eigenvalue weighted by atomic mass is 10.4. The molecule has 112 valence electrons. The molecule has 0 aliphatic carbocycles. The van der Waals surface area contributed by atoms with Gasteiger partial charge in [-0.1, -0.05) is 13.0 Å². The zero-order valence-electron chi connectivity index (χ0n) is 12.3. The summed E-state index contributed by atoms with van der Waals surface area (Å²) >= 11 is 1.63. The van der Waals surface area contributed by atoms with Crippen molar-refractivity contribution in [2.24, 2.45) is 0 Å². The molecule has 0 bridgehead atoms. The van der Waals surface area contributed by atoms with Crippen molar-refractivity contribution >= 4 is 23.2 Å². The molecule has 1 aromatic heterocycles. The predicted molar refractivity (Wildman–Crippen MR) is 79.5 cm³/mol. The average Bonchev–Trinajstić information content (AvgIpc) is 2.90. The molecule has 0 fully saturated rings. The van der Waals surface area contributed by atoms with Crippen LogP contribution in [0.15, 0.2) is 17.5 Å². The van der Waals surface area contributed by atoms with Crippen molar-refractivity contribution in [1.29, 1.82) is 0 Å². The summed E-state index contributed by atoms with van der Waals surface area (Å²) in [6.07, 6.45) is 0. The van der Waals surface area contributed by atoms with Crippen LogP contribution in [-0.2, 0) is 20.9 Å². The largest absolute Gasteiger partial charge is 0.465 e. The second kappa shape index (κ2) is 8.71. The van der Waals surface area contributed by atoms with Crippen LogP contribution in [-0.4, -0.2) is 55.0 Å². The second-order valence-electron chi connectivity index (χ2n) is 4.44. The van der Waals surface area contributed by atoms with E-state index < -0.39 is 0 Å². The molecule has 0 unspecified atom stereocenters. The minimum atomic E-state index is -0.289. The van der Waals surface area contributed by atoms with Crippen LogP contribution < -0.4 is 0 Å². The Kier molecular flexibility index (Phi) is 7.25. The summed E-state index contributed by atoms with van der Waals surface area (Å²) in [6.45, 7) is 5.69. The normalized spacial score (nSPS) is 10.6. The number of ether oxygens (including phenoxy) is 1. The van der Waals surface area contributed by atoms with Gasteiger partial charge in [-0.05, 0) is 24.9 Å². The molecule has 0 aromatic carbocycles. The number of rotatable bonds is 8. The van der Waals surface area contributed by atoms with Crippen LogP contribution in [0.5, 0.6) is 0 Å². The van der Waals surface area contributed by atoms with E-state index in [9.17, 15) is 9.59 Å². The highest BCUT2D eigenvalue weighted by atomic mass is 32.1. The van der Waals surface area contributed by atoms with Crippen LogP contribution in [0.4, 0.5) is 0 Å². The summed E-state index contributed by atoms with van der Waals surface area (Å²) in [7, 11) is 1.78. The molecule has 1 rings (SSSR count). The molecule has 0 aliphatic heterocycles. The molecule has 0 saturated heterocycles. The minimum Gasteiger partial charge on any atom is -0.465 e. The van der Waals surface area contributed by atoms with Crippen molar-refractivity contribution < 1.29 is 14.3 Å². The number of likely N-dealkylation sites (N-methyl/N-ethyl adjacent to an activating group) is 2. The Labute approximate surface area is 124 Å². The van der Waals surface area contributed by atoms with E-state index in [4.69, 9.17) is 4.74 Å². The third-order valence-electron chi connectivity index (χ3n) is 2.86. The van der Waals surface area contributed by atoms with Crippen molar-refractivity contribution in [1.82, 2.24) is 9.80 Å². The van der Waals surface area contributed by atoms with E-state index in [1.165, 1.54) is 0 Å². The first-order chi connectivity index (χ1) is 9.56. The Hall–Kier alpha value is -1.40. The van der Waals surface area contributed by atoms with E-state index in [0.717, 1.165) is 4.88 Å². The smallest absolute Gasteiger partial charge is 0.320 e. The van der Waals surface area contributed by atoms with Crippen molar-refractivity contribution in [2.45, 2.75) is 20.4 Å². The van der Waals surface area contributed by atoms with Crippen LogP contribution in [0.2, 0.25) is 0 Å². The van der Waals surface area contributed by atoms with Gasteiger partial charge < -0.3 is 9.64 Å². The third-order valence-corrected chi connectivity index (χ3v) is 3.72. The fraction of sp³-hybridized carbons (Fsp3) is 0.571. The summed E-state index contributed by atoms with van der Waals surface area (Å²) in [4.78, 5) is 28.2. The van der Waals surface area contributed by atoms with Crippen LogP contribution in [0.1, 0.15) is 18.7 Å². The Balaban J connectivity index is 2.43. The molecule has 0 spiro atoms. The van der Waals surface area contributed by atoms with Gasteiger partial charge in [0.1, 0.15) is 0 Å². The zero-order chi connectivity index (χ0) is 15.0. The van der Waals surface area contributed by atoms with Crippen molar-refractivity contribution in [3.05, 3.63) is 22.4 Å². The van der Waals surface area contributed by atoms with Crippen molar-refractivity contribution in [3.63, 3.8) is 0 Å². The first kappa shape index (κ1) is 16.7. The number of carbonyl (C=O) groups excluding carboxylic acids is 2. The fourth-order valence-electron chi connectivity index (χ4n) is 1.71. The molecule has 0 N–H and O–H groups in total. The van der Waals surface area contributed by atoms with Crippen LogP contribution in [0.25, 0.3) is 0 Å². The van der Waals surface area contributed by atoms with Gasteiger partial charge in [0.15, 0.2) is 0 Å². The molecule has 0 radical (unpaired) electrons. The molecule has 0 saturated carbocycles. The number of amides is 1. The maximum absolute atomic E-state index is 12.1. The molecule has 0 atom stereocenters. The van der Waals surface area contributed by atoms with Gasteiger partial charge in [-0.2, -0.15) is 0 Å². The van der Waals surface area contributed by atoms with E-state index in [2.05, 4.69) is 0 Å². The Morgan fingerprint density at radius 2 is 2.05 bits per heavy atom. The van der Waals surface area contributed by atoms with Crippen LogP contribution in [0, 0.1) is 0 Å². The lowest BCUT2D eigenvalue weighted by Gasteiger charge is -2.23. The second-order valence-corrected chi connectivity index (χ2v) is 5.47. The van der Waals surface area contributed by atoms with E-state index in [1.54, 1.807) is 35.1 Å². The van der Waals surface area contributed by atoms with Gasteiger partial charge in [-0.25, -0.2) is 0 Å². The predicted octanol–water partition coefficient (Wildman–Crippen LogP) is 1.59. The number of nitrogens with zero attached hydrogens (tertiary/aromatic N) is 2. The number of hydrogen-bond donors (Lipinski definition) is 0. The average molecular weight is 298 g/mol. The van der Waals surface area contributed by atoms with E-state index in [-0.39, 0.29) is 25.0 Å². The van der Waals surface area contributed by atoms with Crippen LogP contribution >= 0.6 is 11.3 Å². The molecular formula is C14H22N2O3S. The fourth-order valence-corrected chi connectivity index (χ4v) is 2.46. The quantitative estimate of drug-likeness (QED) is 0.684. The van der Waals surface area contributed by atoms with Crippen molar-refractivity contribution in [2.75, 3.05) is 33.3 Å². The topological polar surface area (TPSA) is 49.9 Å². The van der Waals surface area contributed by atoms with Gasteiger partial charge in [-0.3, -0.25) is 14.5 Å². The molecule has 1 amide bonds. The van der Waals surface area contributed by atoms with Gasteiger partial charge in [0.05, 0.1) is 26.2 Å². The molecule has 5 nitrogen and oxygen atoms in total. The third kappa shape index (κ3) is 5.71. The number of hydrogen-bond acceptors (Lipinski definition) is 5. The standard InChI is InChI=1S/C14H22N2O3S/c1-4-16(11-14(18)19-5-2)10-13(17)15(3)9-12-7-6-8-20-12/h6-8H,4-5,9-11H2,1-3H3. The lowest BCUT2D eigenvalue weighted by Crippen LogP contribution is -2.40. The zero-order valence-corrected chi connectivity index (χ0v) is 13.1. The number of carbonyl (C=O) groups is 2. The first-order valence-electron chi connectivity index (χ1n) is 6.71. The first-order valence-corrected chi connectivity index (χ1v) is 7.59. The molecule has 1 heterocycles. The Morgan fingerprint density at radius 3 is 2.60 bits per heavy atom. The maximum atomic E-state index is 12.1. The molecule has 0 aliphatic rings. The summed E-state index contributed by atoms with van der Waals surface area (Å²) in [5.41, 5.74) is 0. The monoisotopic (exact) mass is 298 g/mol. The van der Waals surface area contributed by atoms with E-state index in [0.29, 0.717) is 19.7 Å². The highest BCUT2D eigenvalue weighted by Gasteiger charge is 2.16. The SMILES string of the molecule is CCOC(=O)CN(CC)CC(=O)N(C)Cc1cccs1. The van der Waals surface area contributed by atoms with Crippen molar-refractivity contribution in [3.8, 4) is 0 Å². The number of thiophene rings is 1. The summed E-state index contributed by atoms with van der Waals surface area (Å²) in [5.74, 6) is -0.285. The summed E-state index contributed by atoms with van der Waals surface area (Å²) < 4.78 is 4.90. The van der Waals surface area contributed by atoms with Crippen LogP contribution in [0.3, 0.4) is 0 Å². The highest BCUT2D eigenvalue weighted by molar-refractivity contribution is 7.09. The highest BCUT2D eigenvalue weighted by Crippen LogP contribution is 2.11.